The van der Waals surface area contributed by atoms with Gasteiger partial charge in [0.1, 0.15) is 18.5 Å². The minimum atomic E-state index is -0.677. The molecule has 0 spiro atoms. The zero-order chi connectivity index (χ0) is 21.4. The highest BCUT2D eigenvalue weighted by atomic mass is 16.5. The van der Waals surface area contributed by atoms with Gasteiger partial charge in [0, 0.05) is 25.3 Å². The average Bonchev–Trinajstić information content (AvgIpc) is 2.90. The summed E-state index contributed by atoms with van der Waals surface area (Å²) in [7, 11) is 1.97. The molecule has 0 radical (unpaired) electrons. The Labute approximate surface area is 174 Å². The van der Waals surface area contributed by atoms with Crippen molar-refractivity contribution in [2.24, 2.45) is 12.0 Å². The highest BCUT2D eigenvalue weighted by Crippen LogP contribution is 2.14. The quantitative estimate of drug-likeness (QED) is 0.443. The Morgan fingerprint density at radius 1 is 1.31 bits per heavy atom. The van der Waals surface area contributed by atoms with Gasteiger partial charge in [-0.05, 0) is 64.3 Å². The molecular weight excluding hydrogens is 366 g/mol. The van der Waals surface area contributed by atoms with Gasteiger partial charge >= 0.3 is 0 Å². The molecule has 1 aromatic heterocycles. The smallest absolute Gasteiger partial charge is 0.191 e. The van der Waals surface area contributed by atoms with Crippen molar-refractivity contribution in [3.05, 3.63) is 46.8 Å². The molecule has 29 heavy (non-hydrogen) atoms. The minimum absolute atomic E-state index is 0.176. The fourth-order valence-corrected chi connectivity index (χ4v) is 3.17. The number of aryl methyl sites for hydroxylation is 3. The minimum Gasteiger partial charge on any atom is -0.491 e. The van der Waals surface area contributed by atoms with Crippen LogP contribution in [0.2, 0.25) is 0 Å². The number of nitrogens with zero attached hydrogens (tertiary/aromatic N) is 3. The first-order chi connectivity index (χ1) is 13.8. The summed E-state index contributed by atoms with van der Waals surface area (Å²) in [6, 6.07) is 7.97. The topological polar surface area (TPSA) is 83.7 Å². The van der Waals surface area contributed by atoms with E-state index in [1.165, 1.54) is 11.3 Å². The highest BCUT2D eigenvalue weighted by molar-refractivity contribution is 5.80. The summed E-state index contributed by atoms with van der Waals surface area (Å²) < 4.78 is 7.58. The average molecular weight is 402 g/mol. The van der Waals surface area contributed by atoms with Crippen LogP contribution in [0.5, 0.6) is 5.75 Å². The van der Waals surface area contributed by atoms with Gasteiger partial charge in [0.25, 0.3) is 0 Å². The summed E-state index contributed by atoms with van der Waals surface area (Å²) in [5.74, 6) is 1.45. The van der Waals surface area contributed by atoms with Crippen molar-refractivity contribution in [3.8, 4) is 5.75 Å². The zero-order valence-corrected chi connectivity index (χ0v) is 18.5. The molecule has 2 atom stereocenters. The van der Waals surface area contributed by atoms with Crippen LogP contribution in [0.15, 0.2) is 29.3 Å². The molecule has 3 N–H and O–H groups in total. The van der Waals surface area contributed by atoms with Crippen LogP contribution in [-0.4, -0.2) is 52.7 Å². The second-order valence-electron chi connectivity index (χ2n) is 7.52. The normalized spacial score (nSPS) is 13.8. The summed E-state index contributed by atoms with van der Waals surface area (Å²) in [6.07, 6.45) is 0.179. The monoisotopic (exact) mass is 401 g/mol. The predicted octanol–water partition coefficient (Wildman–Crippen LogP) is 2.27. The first kappa shape index (κ1) is 22.7. The third kappa shape index (κ3) is 7.09. The van der Waals surface area contributed by atoms with Gasteiger partial charge in [-0.1, -0.05) is 12.1 Å². The summed E-state index contributed by atoms with van der Waals surface area (Å²) in [5, 5.41) is 21.4. The number of nitrogens with one attached hydrogen (secondary N) is 2. The van der Waals surface area contributed by atoms with Gasteiger partial charge in [0.15, 0.2) is 5.96 Å². The van der Waals surface area contributed by atoms with Crippen molar-refractivity contribution < 1.29 is 9.84 Å². The fraction of sp³-hybridized carbons (Fsp3) is 0.545. The SMILES string of the molecule is CCNC(=NCC(O)COc1cccc(C)c1)NC(C)Cc1c(C)nn(C)c1C. The standard InChI is InChI=1S/C22H35N5O2/c1-7-23-22(25-16(3)12-21-17(4)26-27(6)18(21)5)24-13-19(28)14-29-20-10-8-9-15(2)11-20/h8-11,16,19,28H,7,12-14H2,1-6H3,(H2,23,24,25). The molecule has 2 aromatic rings. The van der Waals surface area contributed by atoms with Crippen molar-refractivity contribution in [3.63, 3.8) is 0 Å². The van der Waals surface area contributed by atoms with Crippen molar-refractivity contribution in [1.82, 2.24) is 20.4 Å². The molecule has 7 heteroatoms. The Bertz CT molecular complexity index is 816. The van der Waals surface area contributed by atoms with Crippen molar-refractivity contribution in [2.75, 3.05) is 19.7 Å². The van der Waals surface area contributed by atoms with Gasteiger partial charge in [0.05, 0.1) is 12.2 Å². The molecule has 0 saturated heterocycles. The number of guanidine groups is 1. The molecule has 0 fully saturated rings. The van der Waals surface area contributed by atoms with Crippen LogP contribution in [0.1, 0.15) is 36.4 Å². The van der Waals surface area contributed by atoms with E-state index < -0.39 is 6.10 Å². The van der Waals surface area contributed by atoms with Gasteiger partial charge in [-0.3, -0.25) is 9.67 Å². The number of aliphatic hydroxyl groups is 1. The van der Waals surface area contributed by atoms with E-state index in [0.29, 0.717) is 5.96 Å². The molecule has 0 bridgehead atoms. The Kier molecular flexibility index (Phi) is 8.51. The largest absolute Gasteiger partial charge is 0.491 e. The molecule has 0 aliphatic rings. The number of hydrogen-bond acceptors (Lipinski definition) is 4. The van der Waals surface area contributed by atoms with E-state index in [0.717, 1.165) is 30.0 Å². The lowest BCUT2D eigenvalue weighted by Crippen LogP contribution is -2.43. The number of benzene rings is 1. The van der Waals surface area contributed by atoms with Crippen LogP contribution in [0, 0.1) is 20.8 Å². The lowest BCUT2D eigenvalue weighted by molar-refractivity contribution is 0.114. The maximum absolute atomic E-state index is 10.2. The molecule has 160 valence electrons. The summed E-state index contributed by atoms with van der Waals surface area (Å²) in [5.41, 5.74) is 4.63. The molecule has 1 heterocycles. The first-order valence-electron chi connectivity index (χ1n) is 10.2. The molecular formula is C22H35N5O2. The van der Waals surface area contributed by atoms with Crippen molar-refractivity contribution in [2.45, 2.75) is 53.2 Å². The molecule has 0 aliphatic carbocycles. The highest BCUT2D eigenvalue weighted by Gasteiger charge is 2.14. The van der Waals surface area contributed by atoms with Crippen LogP contribution >= 0.6 is 0 Å². The van der Waals surface area contributed by atoms with Gasteiger partial charge in [-0.2, -0.15) is 5.10 Å². The summed E-state index contributed by atoms with van der Waals surface area (Å²) >= 11 is 0. The number of aromatic nitrogens is 2. The Morgan fingerprint density at radius 3 is 2.69 bits per heavy atom. The van der Waals surface area contributed by atoms with Crippen LogP contribution < -0.4 is 15.4 Å². The van der Waals surface area contributed by atoms with E-state index in [4.69, 9.17) is 4.74 Å². The van der Waals surface area contributed by atoms with E-state index in [1.54, 1.807) is 0 Å². The van der Waals surface area contributed by atoms with Crippen LogP contribution in [0.4, 0.5) is 0 Å². The van der Waals surface area contributed by atoms with Crippen LogP contribution in [-0.2, 0) is 13.5 Å². The second kappa shape index (κ2) is 10.9. The maximum Gasteiger partial charge on any atom is 0.191 e. The first-order valence-corrected chi connectivity index (χ1v) is 10.2. The van der Waals surface area contributed by atoms with E-state index in [1.807, 2.05) is 56.8 Å². The summed E-state index contributed by atoms with van der Waals surface area (Å²) in [6.45, 7) is 11.5. The number of aliphatic hydroxyl groups excluding tert-OH is 1. The van der Waals surface area contributed by atoms with Crippen molar-refractivity contribution >= 4 is 5.96 Å². The molecule has 0 aliphatic heterocycles. The Hall–Kier alpha value is -2.54. The third-order valence-corrected chi connectivity index (χ3v) is 4.79. The maximum atomic E-state index is 10.2. The molecule has 2 rings (SSSR count). The van der Waals surface area contributed by atoms with Gasteiger partial charge < -0.3 is 20.5 Å². The van der Waals surface area contributed by atoms with E-state index in [-0.39, 0.29) is 19.2 Å². The Morgan fingerprint density at radius 2 is 2.07 bits per heavy atom. The number of ether oxygens (including phenoxy) is 1. The van der Waals surface area contributed by atoms with Crippen molar-refractivity contribution in [1.29, 1.82) is 0 Å². The number of rotatable bonds is 9. The molecule has 0 saturated carbocycles. The van der Waals surface area contributed by atoms with Gasteiger partial charge in [-0.15, -0.1) is 0 Å². The second-order valence-corrected chi connectivity index (χ2v) is 7.52. The van der Waals surface area contributed by atoms with Crippen LogP contribution in [0.3, 0.4) is 0 Å². The lowest BCUT2D eigenvalue weighted by Gasteiger charge is -2.19. The molecule has 1 aromatic carbocycles. The van der Waals surface area contributed by atoms with Gasteiger partial charge in [0.2, 0.25) is 0 Å². The Balaban J connectivity index is 1.89. The fourth-order valence-electron chi connectivity index (χ4n) is 3.17. The third-order valence-electron chi connectivity index (χ3n) is 4.79. The number of aliphatic imine (C=N–C) groups is 1. The van der Waals surface area contributed by atoms with E-state index in [2.05, 4.69) is 34.6 Å². The molecule has 2 unspecified atom stereocenters. The summed E-state index contributed by atoms with van der Waals surface area (Å²) in [4.78, 5) is 4.52. The van der Waals surface area contributed by atoms with E-state index in [9.17, 15) is 5.11 Å². The molecule has 0 amide bonds. The lowest BCUT2D eigenvalue weighted by atomic mass is 10.1. The predicted molar refractivity (Wildman–Crippen MR) is 118 cm³/mol. The van der Waals surface area contributed by atoms with Crippen LogP contribution in [0.25, 0.3) is 0 Å². The number of hydrogen-bond donors (Lipinski definition) is 3. The van der Waals surface area contributed by atoms with E-state index >= 15 is 0 Å². The zero-order valence-electron chi connectivity index (χ0n) is 18.5. The molecule has 7 nitrogen and oxygen atoms in total. The van der Waals surface area contributed by atoms with Gasteiger partial charge in [-0.25, -0.2) is 0 Å².